The number of aliphatic hydroxyl groups is 1. The molecule has 3 rings (SSSR count). The van der Waals surface area contributed by atoms with E-state index in [1.54, 1.807) is 12.3 Å². The van der Waals surface area contributed by atoms with Crippen molar-refractivity contribution in [3.63, 3.8) is 0 Å². The minimum atomic E-state index is -0.556. The fourth-order valence-electron chi connectivity index (χ4n) is 2.29. The summed E-state index contributed by atoms with van der Waals surface area (Å²) >= 11 is 1.15. The van der Waals surface area contributed by atoms with Crippen LogP contribution < -0.4 is 5.32 Å². The van der Waals surface area contributed by atoms with Crippen LogP contribution in [0.25, 0.3) is 0 Å². The van der Waals surface area contributed by atoms with Gasteiger partial charge in [-0.1, -0.05) is 24.3 Å². The average molecular weight is 260 g/mol. The lowest BCUT2D eigenvalue weighted by atomic mass is 10.1. The third kappa shape index (κ3) is 1.91. The molecule has 0 saturated heterocycles. The van der Waals surface area contributed by atoms with E-state index in [1.165, 1.54) is 0 Å². The molecule has 0 bridgehead atoms. The first-order valence-corrected chi connectivity index (χ1v) is 6.50. The highest BCUT2D eigenvalue weighted by molar-refractivity contribution is 7.08. The molecule has 0 spiro atoms. The summed E-state index contributed by atoms with van der Waals surface area (Å²) in [5.74, 6) is -0.182. The number of aromatic nitrogens is 1. The van der Waals surface area contributed by atoms with Crippen LogP contribution in [0.5, 0.6) is 0 Å². The Hall–Kier alpha value is -1.72. The number of amides is 1. The number of hydrogen-bond donors (Lipinski definition) is 2. The second-order valence-corrected chi connectivity index (χ2v) is 5.13. The van der Waals surface area contributed by atoms with E-state index in [9.17, 15) is 9.90 Å². The number of fused-ring (bicyclic) bond motifs is 1. The molecule has 0 fully saturated rings. The number of carbonyl (C=O) groups is 1. The highest BCUT2D eigenvalue weighted by Gasteiger charge is 2.32. The van der Waals surface area contributed by atoms with Crippen molar-refractivity contribution in [2.75, 3.05) is 0 Å². The second-order valence-electron chi connectivity index (χ2n) is 4.30. The smallest absolute Gasteiger partial charge is 0.263 e. The van der Waals surface area contributed by atoms with Gasteiger partial charge in [-0.3, -0.25) is 4.79 Å². The van der Waals surface area contributed by atoms with Gasteiger partial charge < -0.3 is 10.4 Å². The monoisotopic (exact) mass is 260 g/mol. The maximum absolute atomic E-state index is 12.0. The molecule has 2 N–H and O–H groups in total. The van der Waals surface area contributed by atoms with Crippen LogP contribution in [-0.2, 0) is 6.42 Å². The minimum absolute atomic E-state index is 0.182. The summed E-state index contributed by atoms with van der Waals surface area (Å²) in [4.78, 5) is 12.5. The molecular weight excluding hydrogens is 248 g/mol. The van der Waals surface area contributed by atoms with Crippen molar-refractivity contribution in [3.05, 3.63) is 52.5 Å². The van der Waals surface area contributed by atoms with Crippen LogP contribution in [0.15, 0.2) is 36.5 Å². The van der Waals surface area contributed by atoms with Crippen molar-refractivity contribution in [2.45, 2.75) is 18.6 Å². The molecule has 2 atom stereocenters. The topological polar surface area (TPSA) is 62.2 Å². The summed E-state index contributed by atoms with van der Waals surface area (Å²) in [6.07, 6.45) is 1.63. The molecule has 1 amide bonds. The molecule has 1 aromatic carbocycles. The fraction of sp³-hybridized carbons (Fsp3) is 0.231. The predicted molar refractivity (Wildman–Crippen MR) is 68.5 cm³/mol. The molecule has 0 radical (unpaired) electrons. The predicted octanol–water partition coefficient (Wildman–Crippen LogP) is 1.53. The summed E-state index contributed by atoms with van der Waals surface area (Å²) in [7, 11) is 0. The number of rotatable bonds is 2. The fourth-order valence-corrected chi connectivity index (χ4v) is 2.79. The summed E-state index contributed by atoms with van der Waals surface area (Å²) in [6.45, 7) is 0. The van der Waals surface area contributed by atoms with Gasteiger partial charge in [-0.15, -0.1) is 0 Å². The Balaban J connectivity index is 1.83. The van der Waals surface area contributed by atoms with Gasteiger partial charge in [0.05, 0.1) is 12.1 Å². The quantitative estimate of drug-likeness (QED) is 0.860. The van der Waals surface area contributed by atoms with Gasteiger partial charge in [-0.05, 0) is 28.7 Å². The maximum Gasteiger partial charge on any atom is 0.263 e. The van der Waals surface area contributed by atoms with Crippen LogP contribution in [0.3, 0.4) is 0 Å². The first-order chi connectivity index (χ1) is 8.75. The SMILES string of the molecule is O=C(N[C@H]1c2ccccc2C[C@H]1O)c1ccns1. The van der Waals surface area contributed by atoms with E-state index in [0.717, 1.165) is 22.7 Å². The first-order valence-electron chi connectivity index (χ1n) is 5.73. The van der Waals surface area contributed by atoms with Gasteiger partial charge in [0.25, 0.3) is 5.91 Å². The summed E-state index contributed by atoms with van der Waals surface area (Å²) in [5.41, 5.74) is 2.10. The Morgan fingerprint density at radius 3 is 3.00 bits per heavy atom. The normalized spacial score (nSPS) is 21.6. The van der Waals surface area contributed by atoms with Crippen LogP contribution in [0.2, 0.25) is 0 Å². The molecule has 2 aromatic rings. The molecular formula is C13H12N2O2S. The zero-order valence-electron chi connectivity index (χ0n) is 9.54. The largest absolute Gasteiger partial charge is 0.390 e. The lowest BCUT2D eigenvalue weighted by Gasteiger charge is -2.17. The molecule has 1 aliphatic rings. The van der Waals surface area contributed by atoms with Crippen molar-refractivity contribution in [1.29, 1.82) is 0 Å². The second kappa shape index (κ2) is 4.51. The van der Waals surface area contributed by atoms with E-state index < -0.39 is 6.10 Å². The minimum Gasteiger partial charge on any atom is -0.390 e. The molecule has 92 valence electrons. The molecule has 0 unspecified atom stereocenters. The number of nitrogens with zero attached hydrogens (tertiary/aromatic N) is 1. The Bertz CT molecular complexity index is 568. The van der Waals surface area contributed by atoms with Gasteiger partial charge in [-0.25, -0.2) is 4.37 Å². The van der Waals surface area contributed by atoms with Crippen LogP contribution >= 0.6 is 11.5 Å². The Labute approximate surface area is 108 Å². The zero-order chi connectivity index (χ0) is 12.5. The van der Waals surface area contributed by atoms with Crippen molar-refractivity contribution >= 4 is 17.4 Å². The summed E-state index contributed by atoms with van der Waals surface area (Å²) in [5, 5.41) is 12.9. The number of nitrogens with one attached hydrogen (secondary N) is 1. The van der Waals surface area contributed by atoms with Gasteiger partial charge in [0.2, 0.25) is 0 Å². The number of hydrogen-bond acceptors (Lipinski definition) is 4. The van der Waals surface area contributed by atoms with E-state index in [0.29, 0.717) is 11.3 Å². The standard InChI is InChI=1S/C13H12N2O2S/c16-10-7-8-3-1-2-4-9(8)12(10)15-13(17)11-5-6-14-18-11/h1-6,10,12,16H,7H2,(H,15,17)/t10-,12+/m1/s1. The van der Waals surface area contributed by atoms with Crippen molar-refractivity contribution < 1.29 is 9.90 Å². The van der Waals surface area contributed by atoms with Crippen LogP contribution in [-0.4, -0.2) is 21.5 Å². The molecule has 1 aromatic heterocycles. The molecule has 18 heavy (non-hydrogen) atoms. The molecule has 1 heterocycles. The third-order valence-electron chi connectivity index (χ3n) is 3.15. The van der Waals surface area contributed by atoms with Gasteiger partial charge in [-0.2, -0.15) is 0 Å². The van der Waals surface area contributed by atoms with Crippen LogP contribution in [0.4, 0.5) is 0 Å². The van der Waals surface area contributed by atoms with Crippen LogP contribution in [0.1, 0.15) is 26.8 Å². The number of carbonyl (C=O) groups excluding carboxylic acids is 1. The van der Waals surface area contributed by atoms with Gasteiger partial charge in [0.15, 0.2) is 0 Å². The van der Waals surface area contributed by atoms with Gasteiger partial charge in [0, 0.05) is 12.6 Å². The molecule has 1 aliphatic carbocycles. The third-order valence-corrected chi connectivity index (χ3v) is 3.90. The highest BCUT2D eigenvalue weighted by atomic mass is 32.1. The highest BCUT2D eigenvalue weighted by Crippen LogP contribution is 2.31. The van der Waals surface area contributed by atoms with E-state index in [2.05, 4.69) is 9.69 Å². The summed E-state index contributed by atoms with van der Waals surface area (Å²) < 4.78 is 3.90. The molecule has 4 nitrogen and oxygen atoms in total. The van der Waals surface area contributed by atoms with E-state index >= 15 is 0 Å². The van der Waals surface area contributed by atoms with E-state index in [4.69, 9.17) is 0 Å². The molecule has 0 saturated carbocycles. The number of aliphatic hydroxyl groups excluding tert-OH is 1. The average Bonchev–Trinajstić information content (AvgIpc) is 2.98. The van der Waals surface area contributed by atoms with Crippen molar-refractivity contribution in [1.82, 2.24) is 9.69 Å². The van der Waals surface area contributed by atoms with Crippen molar-refractivity contribution in [2.24, 2.45) is 0 Å². The lowest BCUT2D eigenvalue weighted by Crippen LogP contribution is -2.33. The zero-order valence-corrected chi connectivity index (χ0v) is 10.4. The summed E-state index contributed by atoms with van der Waals surface area (Å²) in [6, 6.07) is 9.14. The van der Waals surface area contributed by atoms with Crippen LogP contribution in [0, 0.1) is 0 Å². The first kappa shape index (κ1) is 11.4. The Kier molecular flexibility index (Phi) is 2.85. The van der Waals surface area contributed by atoms with Gasteiger partial charge in [0.1, 0.15) is 4.88 Å². The van der Waals surface area contributed by atoms with E-state index in [-0.39, 0.29) is 11.9 Å². The molecule has 5 heteroatoms. The Morgan fingerprint density at radius 1 is 1.39 bits per heavy atom. The Morgan fingerprint density at radius 2 is 2.22 bits per heavy atom. The molecule has 0 aliphatic heterocycles. The lowest BCUT2D eigenvalue weighted by molar-refractivity contribution is 0.0862. The van der Waals surface area contributed by atoms with Crippen molar-refractivity contribution in [3.8, 4) is 0 Å². The van der Waals surface area contributed by atoms with Gasteiger partial charge >= 0.3 is 0 Å². The van der Waals surface area contributed by atoms with E-state index in [1.807, 2.05) is 24.3 Å². The number of benzene rings is 1. The maximum atomic E-state index is 12.0.